The predicted molar refractivity (Wildman–Crippen MR) is 77.7 cm³/mol. The normalized spacial score (nSPS) is 12.3. The molecule has 2 aromatic rings. The number of carbonyl (C=O) groups excluding carboxylic acids is 1. The SMILES string of the molecule is COC(=O)C(C(C)C)n1c(=S)[nH]c2ccc(C#N)cc21. The van der Waals surface area contributed by atoms with E-state index >= 15 is 0 Å². The van der Waals surface area contributed by atoms with Gasteiger partial charge in [0.1, 0.15) is 6.04 Å². The molecule has 5 nitrogen and oxygen atoms in total. The number of nitrogens with zero attached hydrogens (tertiary/aromatic N) is 2. The fraction of sp³-hybridized carbons (Fsp3) is 0.357. The van der Waals surface area contributed by atoms with Crippen molar-refractivity contribution in [3.63, 3.8) is 0 Å². The summed E-state index contributed by atoms with van der Waals surface area (Å²) in [6.45, 7) is 3.85. The average Bonchev–Trinajstić information content (AvgIpc) is 2.74. The molecule has 0 aliphatic carbocycles. The summed E-state index contributed by atoms with van der Waals surface area (Å²) in [7, 11) is 1.36. The van der Waals surface area contributed by atoms with E-state index in [-0.39, 0.29) is 11.9 Å². The van der Waals surface area contributed by atoms with E-state index < -0.39 is 6.04 Å². The summed E-state index contributed by atoms with van der Waals surface area (Å²) in [5.41, 5.74) is 2.05. The number of H-pyrrole nitrogens is 1. The lowest BCUT2D eigenvalue weighted by Crippen LogP contribution is -2.25. The Morgan fingerprint density at radius 2 is 2.20 bits per heavy atom. The zero-order valence-electron chi connectivity index (χ0n) is 11.5. The summed E-state index contributed by atoms with van der Waals surface area (Å²) in [6.07, 6.45) is 0. The molecule has 1 atom stereocenters. The second-order valence-corrected chi connectivity index (χ2v) is 5.24. The molecule has 0 amide bonds. The molecule has 1 aromatic carbocycles. The highest BCUT2D eigenvalue weighted by atomic mass is 32.1. The van der Waals surface area contributed by atoms with Crippen LogP contribution in [0.1, 0.15) is 25.5 Å². The van der Waals surface area contributed by atoms with Gasteiger partial charge >= 0.3 is 5.97 Å². The number of nitrogens with one attached hydrogen (secondary N) is 1. The van der Waals surface area contributed by atoms with Gasteiger partial charge in [0.05, 0.1) is 29.8 Å². The van der Waals surface area contributed by atoms with Gasteiger partial charge in [0.2, 0.25) is 0 Å². The molecule has 0 spiro atoms. The molecule has 1 heterocycles. The molecule has 0 saturated heterocycles. The maximum atomic E-state index is 12.0. The third kappa shape index (κ3) is 2.32. The first-order valence-electron chi connectivity index (χ1n) is 6.21. The number of methoxy groups -OCH3 is 1. The number of hydrogen-bond donors (Lipinski definition) is 1. The van der Waals surface area contributed by atoms with Crippen LogP contribution in [0.2, 0.25) is 0 Å². The molecular weight excluding hydrogens is 274 g/mol. The first-order valence-corrected chi connectivity index (χ1v) is 6.62. The maximum Gasteiger partial charge on any atom is 0.329 e. The third-order valence-electron chi connectivity index (χ3n) is 3.20. The van der Waals surface area contributed by atoms with Gasteiger partial charge in [0.15, 0.2) is 4.77 Å². The second kappa shape index (κ2) is 5.47. The summed E-state index contributed by atoms with van der Waals surface area (Å²) in [6, 6.07) is 6.79. The molecule has 104 valence electrons. The van der Waals surface area contributed by atoms with Gasteiger partial charge in [-0.3, -0.25) is 0 Å². The fourth-order valence-corrected chi connectivity index (χ4v) is 2.59. The van der Waals surface area contributed by atoms with Crippen molar-refractivity contribution in [2.45, 2.75) is 19.9 Å². The Labute approximate surface area is 121 Å². The first kappa shape index (κ1) is 14.3. The van der Waals surface area contributed by atoms with Gasteiger partial charge in [-0.25, -0.2) is 4.79 Å². The molecule has 1 aromatic heterocycles. The van der Waals surface area contributed by atoms with Crippen molar-refractivity contribution in [2.75, 3.05) is 7.11 Å². The molecule has 0 radical (unpaired) electrons. The molecule has 0 aliphatic rings. The molecule has 0 bridgehead atoms. The van der Waals surface area contributed by atoms with E-state index in [1.54, 1.807) is 22.8 Å². The Morgan fingerprint density at radius 1 is 1.50 bits per heavy atom. The number of benzene rings is 1. The van der Waals surface area contributed by atoms with E-state index in [0.717, 1.165) is 11.0 Å². The van der Waals surface area contributed by atoms with Crippen LogP contribution in [0, 0.1) is 22.0 Å². The minimum absolute atomic E-state index is 0.0129. The van der Waals surface area contributed by atoms with Crippen LogP contribution in [0.3, 0.4) is 0 Å². The lowest BCUT2D eigenvalue weighted by Gasteiger charge is -2.20. The van der Waals surface area contributed by atoms with Crippen molar-refractivity contribution in [1.29, 1.82) is 5.26 Å². The number of imidazole rings is 1. The van der Waals surface area contributed by atoms with Crippen LogP contribution in [-0.2, 0) is 9.53 Å². The maximum absolute atomic E-state index is 12.0. The van der Waals surface area contributed by atoms with Gasteiger partial charge in [-0.05, 0) is 36.3 Å². The van der Waals surface area contributed by atoms with E-state index in [0.29, 0.717) is 10.3 Å². The average molecular weight is 289 g/mol. The van der Waals surface area contributed by atoms with E-state index in [2.05, 4.69) is 11.1 Å². The van der Waals surface area contributed by atoms with E-state index in [9.17, 15) is 4.79 Å². The minimum atomic E-state index is -0.518. The number of carbonyl (C=O) groups is 1. The van der Waals surface area contributed by atoms with Crippen LogP contribution in [0.5, 0.6) is 0 Å². The topological polar surface area (TPSA) is 70.8 Å². The smallest absolute Gasteiger partial charge is 0.329 e. The van der Waals surface area contributed by atoms with Crippen molar-refractivity contribution in [1.82, 2.24) is 9.55 Å². The van der Waals surface area contributed by atoms with Crippen LogP contribution in [0.15, 0.2) is 18.2 Å². The third-order valence-corrected chi connectivity index (χ3v) is 3.50. The zero-order valence-corrected chi connectivity index (χ0v) is 12.3. The minimum Gasteiger partial charge on any atom is -0.467 e. The molecule has 6 heteroatoms. The Morgan fingerprint density at radius 3 is 2.75 bits per heavy atom. The van der Waals surface area contributed by atoms with Crippen LogP contribution < -0.4 is 0 Å². The Bertz CT molecular complexity index is 752. The second-order valence-electron chi connectivity index (χ2n) is 4.86. The number of nitriles is 1. The van der Waals surface area contributed by atoms with Crippen molar-refractivity contribution in [3.05, 3.63) is 28.5 Å². The van der Waals surface area contributed by atoms with Crippen molar-refractivity contribution >= 4 is 29.2 Å². The molecule has 1 unspecified atom stereocenters. The number of aromatic amines is 1. The van der Waals surface area contributed by atoms with E-state index in [4.69, 9.17) is 22.2 Å². The predicted octanol–water partition coefficient (Wildman–Crippen LogP) is 2.94. The number of ether oxygens (including phenoxy) is 1. The lowest BCUT2D eigenvalue weighted by molar-refractivity contribution is -0.145. The first-order chi connectivity index (χ1) is 9.49. The van der Waals surface area contributed by atoms with Crippen LogP contribution in [0.4, 0.5) is 0 Å². The van der Waals surface area contributed by atoms with Crippen LogP contribution in [0.25, 0.3) is 11.0 Å². The molecule has 2 rings (SSSR count). The van der Waals surface area contributed by atoms with Crippen molar-refractivity contribution in [2.24, 2.45) is 5.92 Å². The van der Waals surface area contributed by atoms with Gasteiger partial charge < -0.3 is 14.3 Å². The van der Waals surface area contributed by atoms with Gasteiger partial charge in [-0.15, -0.1) is 0 Å². The molecular formula is C14H15N3O2S. The highest BCUT2D eigenvalue weighted by molar-refractivity contribution is 7.71. The Balaban J connectivity index is 2.74. The molecule has 0 aliphatic heterocycles. The van der Waals surface area contributed by atoms with Gasteiger partial charge in [-0.1, -0.05) is 13.8 Å². The zero-order chi connectivity index (χ0) is 14.9. The monoisotopic (exact) mass is 289 g/mol. The summed E-state index contributed by atoms with van der Waals surface area (Å²) < 4.78 is 7.04. The van der Waals surface area contributed by atoms with Gasteiger partial charge in [-0.2, -0.15) is 5.26 Å². The highest BCUT2D eigenvalue weighted by Gasteiger charge is 2.27. The van der Waals surface area contributed by atoms with Gasteiger partial charge in [0.25, 0.3) is 0 Å². The van der Waals surface area contributed by atoms with E-state index in [1.165, 1.54) is 7.11 Å². The summed E-state index contributed by atoms with van der Waals surface area (Å²) in [5.74, 6) is -0.335. The Hall–Kier alpha value is -2.13. The van der Waals surface area contributed by atoms with Crippen LogP contribution >= 0.6 is 12.2 Å². The van der Waals surface area contributed by atoms with Crippen molar-refractivity contribution < 1.29 is 9.53 Å². The number of aromatic nitrogens is 2. The summed E-state index contributed by atoms with van der Waals surface area (Å²) in [4.78, 5) is 15.1. The quantitative estimate of drug-likeness (QED) is 0.696. The summed E-state index contributed by atoms with van der Waals surface area (Å²) >= 11 is 5.31. The number of fused-ring (bicyclic) bond motifs is 1. The molecule has 20 heavy (non-hydrogen) atoms. The fourth-order valence-electron chi connectivity index (χ4n) is 2.26. The van der Waals surface area contributed by atoms with Gasteiger partial charge in [0, 0.05) is 0 Å². The largest absolute Gasteiger partial charge is 0.467 e. The Kier molecular flexibility index (Phi) is 3.91. The van der Waals surface area contributed by atoms with Crippen molar-refractivity contribution in [3.8, 4) is 6.07 Å². The number of esters is 1. The standard InChI is InChI=1S/C14H15N3O2S/c1-8(2)12(13(18)19-3)17-11-6-9(7-15)4-5-10(11)16-14(17)20/h4-6,8,12H,1-3H3,(H,16,20). The highest BCUT2D eigenvalue weighted by Crippen LogP contribution is 2.26. The lowest BCUT2D eigenvalue weighted by atomic mass is 10.0. The number of rotatable bonds is 3. The van der Waals surface area contributed by atoms with E-state index in [1.807, 2.05) is 13.8 Å². The molecule has 0 fully saturated rings. The molecule has 1 N–H and O–H groups in total. The van der Waals surface area contributed by atoms with Crippen LogP contribution in [-0.4, -0.2) is 22.6 Å². The summed E-state index contributed by atoms with van der Waals surface area (Å²) in [5, 5.41) is 9.01. The molecule has 0 saturated carbocycles. The number of hydrogen-bond acceptors (Lipinski definition) is 4.